The Kier molecular flexibility index (Phi) is 8.16. The number of Topliss-reactive ketones (excluding diaryl/α,β-unsaturated/α-hetero) is 1. The summed E-state index contributed by atoms with van der Waals surface area (Å²) in [6.45, 7) is 1.69. The van der Waals surface area contributed by atoms with Gasteiger partial charge in [-0.05, 0) is 44.2 Å². The zero-order chi connectivity index (χ0) is 23.4. The van der Waals surface area contributed by atoms with E-state index in [9.17, 15) is 14.7 Å². The highest BCUT2D eigenvalue weighted by Crippen LogP contribution is 2.33. The SMILES string of the molecule is N[C@@H](Cc1c[nH]cn1)C(=O)C1[C@@H](NC(=O)CC(O)[C@@H](N)CC2CCCCC2)C2CCN1CC2. The van der Waals surface area contributed by atoms with Gasteiger partial charge in [0, 0.05) is 18.7 Å². The van der Waals surface area contributed by atoms with Gasteiger partial charge in [-0.2, -0.15) is 0 Å². The van der Waals surface area contributed by atoms with E-state index in [1.165, 1.54) is 19.3 Å². The largest absolute Gasteiger partial charge is 0.391 e. The van der Waals surface area contributed by atoms with E-state index in [0.717, 1.165) is 50.9 Å². The first-order valence-corrected chi connectivity index (χ1v) is 12.7. The summed E-state index contributed by atoms with van der Waals surface area (Å²) >= 11 is 0. The van der Waals surface area contributed by atoms with Gasteiger partial charge in [0.05, 0.1) is 42.7 Å². The molecule has 3 aliphatic heterocycles. The normalized spacial score (nSPS) is 30.5. The number of carbonyl (C=O) groups is 2. The van der Waals surface area contributed by atoms with Crippen LogP contribution in [-0.4, -0.2) is 75.0 Å². The Labute approximate surface area is 196 Å². The average molecular weight is 461 g/mol. The van der Waals surface area contributed by atoms with Crippen molar-refractivity contribution < 1.29 is 14.7 Å². The van der Waals surface area contributed by atoms with Gasteiger partial charge in [-0.1, -0.05) is 32.1 Å². The summed E-state index contributed by atoms with van der Waals surface area (Å²) in [6, 6.07) is -1.78. The number of aliphatic hydroxyl groups is 1. The van der Waals surface area contributed by atoms with Crippen molar-refractivity contribution in [1.82, 2.24) is 20.2 Å². The predicted octanol–water partition coefficient (Wildman–Crippen LogP) is 0.476. The number of fused-ring (bicyclic) bond motifs is 3. The molecule has 2 bridgehead atoms. The van der Waals surface area contributed by atoms with E-state index < -0.39 is 24.2 Å². The number of aromatic nitrogens is 2. The lowest BCUT2D eigenvalue weighted by atomic mass is 9.75. The summed E-state index contributed by atoms with van der Waals surface area (Å²) in [4.78, 5) is 35.4. The second kappa shape index (κ2) is 11.1. The lowest BCUT2D eigenvalue weighted by Gasteiger charge is -2.50. The van der Waals surface area contributed by atoms with E-state index >= 15 is 0 Å². The van der Waals surface area contributed by atoms with Crippen LogP contribution in [0, 0.1) is 11.8 Å². The Morgan fingerprint density at radius 2 is 1.91 bits per heavy atom. The number of ketones is 1. The van der Waals surface area contributed by atoms with E-state index in [2.05, 4.69) is 20.2 Å². The van der Waals surface area contributed by atoms with Crippen molar-refractivity contribution >= 4 is 11.7 Å². The predicted molar refractivity (Wildman–Crippen MR) is 125 cm³/mol. The average Bonchev–Trinajstić information content (AvgIpc) is 3.33. The molecule has 4 aliphatic rings. The van der Waals surface area contributed by atoms with Gasteiger partial charge in [-0.25, -0.2) is 4.98 Å². The number of imidazole rings is 1. The molecule has 1 amide bonds. The minimum Gasteiger partial charge on any atom is -0.391 e. The molecule has 4 heterocycles. The fourth-order valence-electron chi connectivity index (χ4n) is 6.09. The fraction of sp³-hybridized carbons (Fsp3) is 0.792. The standard InChI is InChI=1S/C24H40N6O3/c25-18(10-15-4-2-1-3-5-15)20(31)12-21(32)29-22-16-6-8-30(9-7-16)23(22)24(33)19(26)11-17-13-27-14-28-17/h13-16,18-20,22-23,31H,1-12,25-26H2,(H,27,28)(H,29,32)/t18-,19-,20?,22-,23?/m0/s1. The van der Waals surface area contributed by atoms with Crippen molar-refractivity contribution in [3.63, 3.8) is 0 Å². The van der Waals surface area contributed by atoms with Crippen LogP contribution in [0.3, 0.4) is 0 Å². The quantitative estimate of drug-likeness (QED) is 0.341. The number of hydrogen-bond donors (Lipinski definition) is 5. The van der Waals surface area contributed by atoms with Gasteiger partial charge in [0.25, 0.3) is 0 Å². The van der Waals surface area contributed by atoms with Gasteiger partial charge in [0.1, 0.15) is 0 Å². The van der Waals surface area contributed by atoms with Crippen LogP contribution >= 0.6 is 0 Å². The zero-order valence-corrected chi connectivity index (χ0v) is 19.5. The number of nitrogens with zero attached hydrogens (tertiary/aromatic N) is 2. The van der Waals surface area contributed by atoms with Crippen LogP contribution in [0.4, 0.5) is 0 Å². The molecule has 7 N–H and O–H groups in total. The van der Waals surface area contributed by atoms with Crippen LogP contribution in [0.1, 0.15) is 63.5 Å². The molecule has 1 saturated carbocycles. The Bertz CT molecular complexity index is 773. The zero-order valence-electron chi connectivity index (χ0n) is 19.5. The maximum atomic E-state index is 13.3. The van der Waals surface area contributed by atoms with E-state index in [-0.39, 0.29) is 30.1 Å². The molecule has 9 nitrogen and oxygen atoms in total. The molecule has 33 heavy (non-hydrogen) atoms. The third-order valence-electron chi connectivity index (χ3n) is 8.00. The van der Waals surface area contributed by atoms with Gasteiger partial charge in [-0.3, -0.25) is 14.5 Å². The van der Waals surface area contributed by atoms with Crippen LogP contribution in [-0.2, 0) is 16.0 Å². The Hall–Kier alpha value is -1.81. The van der Waals surface area contributed by atoms with E-state index in [1.54, 1.807) is 12.5 Å². The Morgan fingerprint density at radius 1 is 1.18 bits per heavy atom. The van der Waals surface area contributed by atoms with Crippen molar-refractivity contribution in [3.05, 3.63) is 18.2 Å². The first-order valence-electron chi connectivity index (χ1n) is 12.7. The number of aliphatic hydroxyl groups excluding tert-OH is 1. The number of rotatable bonds is 10. The Balaban J connectivity index is 1.34. The van der Waals surface area contributed by atoms with Crippen LogP contribution in [0.2, 0.25) is 0 Å². The second-order valence-electron chi connectivity index (χ2n) is 10.4. The highest BCUT2D eigenvalue weighted by molar-refractivity contribution is 5.91. The number of carbonyl (C=O) groups excluding carboxylic acids is 2. The third-order valence-corrected chi connectivity index (χ3v) is 8.00. The van der Waals surface area contributed by atoms with Gasteiger partial charge in [-0.15, -0.1) is 0 Å². The Morgan fingerprint density at radius 3 is 2.58 bits per heavy atom. The summed E-state index contributed by atoms with van der Waals surface area (Å²) < 4.78 is 0. The van der Waals surface area contributed by atoms with Crippen LogP contribution in [0.25, 0.3) is 0 Å². The first kappa shape index (κ1) is 24.3. The molecule has 1 aromatic heterocycles. The molecule has 9 heteroatoms. The number of H-pyrrole nitrogens is 1. The van der Waals surface area contributed by atoms with E-state index in [1.807, 2.05) is 0 Å². The van der Waals surface area contributed by atoms with Crippen LogP contribution in [0.5, 0.6) is 0 Å². The summed E-state index contributed by atoms with van der Waals surface area (Å²) in [6.07, 6.45) is 11.5. The van der Waals surface area contributed by atoms with Gasteiger partial charge < -0.3 is 26.9 Å². The van der Waals surface area contributed by atoms with Crippen LogP contribution < -0.4 is 16.8 Å². The summed E-state index contributed by atoms with van der Waals surface area (Å²) in [7, 11) is 0. The molecule has 1 aromatic rings. The molecular weight excluding hydrogens is 420 g/mol. The number of nitrogens with one attached hydrogen (secondary N) is 2. The second-order valence-corrected chi connectivity index (χ2v) is 10.4. The minimum atomic E-state index is -0.871. The first-order chi connectivity index (χ1) is 15.9. The summed E-state index contributed by atoms with van der Waals surface area (Å²) in [5.74, 6) is 0.506. The number of hydrogen-bond acceptors (Lipinski definition) is 7. The summed E-state index contributed by atoms with van der Waals surface area (Å²) in [5.41, 5.74) is 13.3. The highest BCUT2D eigenvalue weighted by atomic mass is 16.3. The van der Waals surface area contributed by atoms with Crippen molar-refractivity contribution in [1.29, 1.82) is 0 Å². The molecule has 2 unspecified atom stereocenters. The number of aromatic amines is 1. The lowest BCUT2D eigenvalue weighted by molar-refractivity contribution is -0.135. The van der Waals surface area contributed by atoms with Gasteiger partial charge >= 0.3 is 0 Å². The fourth-order valence-corrected chi connectivity index (χ4v) is 6.09. The molecule has 3 saturated heterocycles. The number of piperidine rings is 3. The maximum absolute atomic E-state index is 13.3. The molecule has 184 valence electrons. The smallest absolute Gasteiger partial charge is 0.222 e. The number of nitrogens with two attached hydrogens (primary N) is 2. The monoisotopic (exact) mass is 460 g/mol. The molecule has 5 rings (SSSR count). The van der Waals surface area contributed by atoms with Crippen molar-refractivity contribution in [2.45, 2.75) is 94.5 Å². The molecule has 0 aromatic carbocycles. The molecule has 0 spiro atoms. The van der Waals surface area contributed by atoms with Crippen molar-refractivity contribution in [3.8, 4) is 0 Å². The van der Waals surface area contributed by atoms with Gasteiger partial charge in [0.2, 0.25) is 5.91 Å². The summed E-state index contributed by atoms with van der Waals surface area (Å²) in [5, 5.41) is 13.7. The minimum absolute atomic E-state index is 0.0304. The van der Waals surface area contributed by atoms with Crippen LogP contribution in [0.15, 0.2) is 12.5 Å². The molecule has 1 aliphatic carbocycles. The lowest BCUT2D eigenvalue weighted by Crippen LogP contribution is -2.68. The topological polar surface area (TPSA) is 150 Å². The molecule has 0 radical (unpaired) electrons. The molecule has 5 atom stereocenters. The van der Waals surface area contributed by atoms with E-state index in [4.69, 9.17) is 11.5 Å². The van der Waals surface area contributed by atoms with Crippen molar-refractivity contribution in [2.24, 2.45) is 23.3 Å². The maximum Gasteiger partial charge on any atom is 0.222 e. The highest BCUT2D eigenvalue weighted by Gasteiger charge is 2.47. The van der Waals surface area contributed by atoms with Crippen molar-refractivity contribution in [2.75, 3.05) is 13.1 Å². The van der Waals surface area contributed by atoms with E-state index in [0.29, 0.717) is 12.3 Å². The van der Waals surface area contributed by atoms with Gasteiger partial charge in [0.15, 0.2) is 5.78 Å². The third kappa shape index (κ3) is 6.01. The molecular formula is C24H40N6O3. The molecule has 4 fully saturated rings. The number of amides is 1.